The lowest BCUT2D eigenvalue weighted by Gasteiger charge is -2.36. The molecule has 1 atom stereocenters. The molecule has 27 heavy (non-hydrogen) atoms. The van der Waals surface area contributed by atoms with Gasteiger partial charge in [-0.1, -0.05) is 0 Å². The third-order valence-electron chi connectivity index (χ3n) is 4.48. The highest BCUT2D eigenvalue weighted by Crippen LogP contribution is 2.37. The van der Waals surface area contributed by atoms with E-state index in [1.54, 1.807) is 24.5 Å². The Kier molecular flexibility index (Phi) is 5.43. The maximum Gasteiger partial charge on any atom is 0.416 e. The Bertz CT molecular complexity index is 741. The number of nitrogens with one attached hydrogen (secondary N) is 1. The van der Waals surface area contributed by atoms with Crippen molar-refractivity contribution in [2.24, 2.45) is 0 Å². The van der Waals surface area contributed by atoms with E-state index in [1.807, 2.05) is 4.90 Å². The monoisotopic (exact) mass is 389 g/mol. The Morgan fingerprint density at radius 2 is 1.56 bits per heavy atom. The number of piperazine rings is 1. The highest BCUT2D eigenvalue weighted by molar-refractivity contribution is 5.34. The van der Waals surface area contributed by atoms with E-state index in [0.717, 1.165) is 17.7 Å². The van der Waals surface area contributed by atoms with E-state index in [4.69, 9.17) is 0 Å². The van der Waals surface area contributed by atoms with Gasteiger partial charge < -0.3 is 5.32 Å². The molecule has 0 aliphatic carbocycles. The molecule has 0 saturated carbocycles. The molecular weight excluding hydrogens is 372 g/mol. The SMILES string of the molecule is FC(F)(F)c1cc(CN2CCNCC2c2ccncc2)cc(C(F)(F)F)c1. The number of rotatable bonds is 3. The molecule has 1 aliphatic heterocycles. The van der Waals surface area contributed by atoms with Gasteiger partial charge in [-0.25, -0.2) is 0 Å². The van der Waals surface area contributed by atoms with Crippen LogP contribution in [0.15, 0.2) is 42.7 Å². The standard InChI is InChI=1S/C18H17F6N3/c19-17(20,21)14-7-12(8-15(9-14)18(22,23)24)11-27-6-5-26-10-16(27)13-1-3-25-4-2-13/h1-4,7-9,16,26H,5-6,10-11H2. The normalized spacial score (nSPS) is 19.3. The molecule has 2 heterocycles. The van der Waals surface area contributed by atoms with Crippen LogP contribution in [0.5, 0.6) is 0 Å². The van der Waals surface area contributed by atoms with Crippen LogP contribution in [-0.2, 0) is 18.9 Å². The lowest BCUT2D eigenvalue weighted by atomic mass is 10.0. The van der Waals surface area contributed by atoms with E-state index in [0.29, 0.717) is 19.6 Å². The van der Waals surface area contributed by atoms with Crippen molar-refractivity contribution in [1.82, 2.24) is 15.2 Å². The zero-order valence-corrected chi connectivity index (χ0v) is 14.1. The van der Waals surface area contributed by atoms with Gasteiger partial charge in [-0.2, -0.15) is 26.3 Å². The van der Waals surface area contributed by atoms with Crippen molar-refractivity contribution in [2.75, 3.05) is 19.6 Å². The van der Waals surface area contributed by atoms with Crippen molar-refractivity contribution < 1.29 is 26.3 Å². The molecule has 1 aliphatic rings. The second-order valence-electron chi connectivity index (χ2n) is 6.39. The topological polar surface area (TPSA) is 28.2 Å². The number of aromatic nitrogens is 1. The van der Waals surface area contributed by atoms with Crippen LogP contribution >= 0.6 is 0 Å². The summed E-state index contributed by atoms with van der Waals surface area (Å²) >= 11 is 0. The van der Waals surface area contributed by atoms with Crippen molar-refractivity contribution in [3.05, 3.63) is 65.0 Å². The van der Waals surface area contributed by atoms with E-state index < -0.39 is 23.5 Å². The molecule has 3 rings (SSSR count). The third-order valence-corrected chi connectivity index (χ3v) is 4.48. The van der Waals surface area contributed by atoms with Gasteiger partial charge in [-0.3, -0.25) is 9.88 Å². The average Bonchev–Trinajstić information content (AvgIpc) is 2.61. The first-order valence-electron chi connectivity index (χ1n) is 8.27. The lowest BCUT2D eigenvalue weighted by Crippen LogP contribution is -2.45. The van der Waals surface area contributed by atoms with Crippen LogP contribution in [0.4, 0.5) is 26.3 Å². The van der Waals surface area contributed by atoms with Crippen LogP contribution in [0.1, 0.15) is 28.3 Å². The summed E-state index contributed by atoms with van der Waals surface area (Å²) in [5.41, 5.74) is -1.69. The van der Waals surface area contributed by atoms with Gasteiger partial charge in [0.25, 0.3) is 0 Å². The fourth-order valence-electron chi connectivity index (χ4n) is 3.20. The van der Waals surface area contributed by atoms with Crippen LogP contribution in [0.3, 0.4) is 0 Å². The molecule has 3 nitrogen and oxygen atoms in total. The molecule has 1 fully saturated rings. The number of alkyl halides is 6. The summed E-state index contributed by atoms with van der Waals surface area (Å²) in [5.74, 6) is 0. The Labute approximate surface area is 152 Å². The van der Waals surface area contributed by atoms with Crippen molar-refractivity contribution >= 4 is 0 Å². The number of nitrogens with zero attached hydrogens (tertiary/aromatic N) is 2. The van der Waals surface area contributed by atoms with Gasteiger partial charge >= 0.3 is 12.4 Å². The molecule has 9 heteroatoms. The molecule has 0 amide bonds. The first-order valence-corrected chi connectivity index (χ1v) is 8.27. The highest BCUT2D eigenvalue weighted by atomic mass is 19.4. The van der Waals surface area contributed by atoms with Gasteiger partial charge in [-0.05, 0) is 41.5 Å². The first kappa shape index (κ1) is 19.6. The molecule has 146 valence electrons. The molecule has 1 unspecified atom stereocenters. The Hall–Kier alpha value is -2.13. The lowest BCUT2D eigenvalue weighted by molar-refractivity contribution is -0.143. The number of hydrogen-bond donors (Lipinski definition) is 1. The van der Waals surface area contributed by atoms with E-state index in [9.17, 15) is 26.3 Å². The maximum atomic E-state index is 13.1. The summed E-state index contributed by atoms with van der Waals surface area (Å²) in [5, 5.41) is 3.20. The van der Waals surface area contributed by atoms with Crippen molar-refractivity contribution in [2.45, 2.75) is 24.9 Å². The molecule has 1 aromatic carbocycles. The van der Waals surface area contributed by atoms with Crippen LogP contribution in [0.2, 0.25) is 0 Å². The summed E-state index contributed by atoms with van der Waals surface area (Å²) in [7, 11) is 0. The summed E-state index contributed by atoms with van der Waals surface area (Å²) in [6.45, 7) is 1.65. The predicted octanol–water partition coefficient (Wildman–Crippen LogP) is 4.27. The Morgan fingerprint density at radius 3 is 2.11 bits per heavy atom. The van der Waals surface area contributed by atoms with Gasteiger partial charge in [0.15, 0.2) is 0 Å². The largest absolute Gasteiger partial charge is 0.416 e. The number of benzene rings is 1. The third kappa shape index (κ3) is 4.78. The van der Waals surface area contributed by atoms with Crippen LogP contribution in [0.25, 0.3) is 0 Å². The summed E-state index contributed by atoms with van der Waals surface area (Å²) in [6.07, 6.45) is -6.48. The minimum absolute atomic E-state index is 0.0122. The maximum absolute atomic E-state index is 13.1. The van der Waals surface area contributed by atoms with E-state index >= 15 is 0 Å². The molecule has 1 aromatic heterocycles. The second kappa shape index (κ2) is 7.47. The summed E-state index contributed by atoms with van der Waals surface area (Å²) < 4.78 is 78.4. The van der Waals surface area contributed by atoms with Gasteiger partial charge in [-0.15, -0.1) is 0 Å². The van der Waals surface area contributed by atoms with E-state index in [2.05, 4.69) is 10.3 Å². The zero-order valence-electron chi connectivity index (χ0n) is 14.1. The van der Waals surface area contributed by atoms with Gasteiger partial charge in [0.05, 0.1) is 11.1 Å². The molecule has 0 spiro atoms. The molecule has 1 N–H and O–H groups in total. The minimum atomic E-state index is -4.84. The molecule has 2 aromatic rings. The first-order chi connectivity index (χ1) is 12.6. The number of halogens is 6. The van der Waals surface area contributed by atoms with Crippen LogP contribution < -0.4 is 5.32 Å². The fourth-order valence-corrected chi connectivity index (χ4v) is 3.20. The molecule has 0 radical (unpaired) electrons. The number of pyridine rings is 1. The van der Waals surface area contributed by atoms with Crippen LogP contribution in [0, 0.1) is 0 Å². The molecular formula is C18H17F6N3. The summed E-state index contributed by atoms with van der Waals surface area (Å²) in [4.78, 5) is 5.81. The van der Waals surface area contributed by atoms with Crippen molar-refractivity contribution in [3.8, 4) is 0 Å². The quantitative estimate of drug-likeness (QED) is 0.795. The smallest absolute Gasteiger partial charge is 0.314 e. The Balaban J connectivity index is 1.93. The van der Waals surface area contributed by atoms with Gasteiger partial charge in [0.1, 0.15) is 0 Å². The predicted molar refractivity (Wildman–Crippen MR) is 86.7 cm³/mol. The molecule has 0 bridgehead atoms. The van der Waals surface area contributed by atoms with Crippen molar-refractivity contribution in [3.63, 3.8) is 0 Å². The van der Waals surface area contributed by atoms with Gasteiger partial charge in [0.2, 0.25) is 0 Å². The van der Waals surface area contributed by atoms with Crippen molar-refractivity contribution in [1.29, 1.82) is 0 Å². The highest BCUT2D eigenvalue weighted by Gasteiger charge is 2.37. The summed E-state index contributed by atoms with van der Waals surface area (Å²) in [6, 6.07) is 5.16. The molecule has 1 saturated heterocycles. The van der Waals surface area contributed by atoms with Gasteiger partial charge in [0, 0.05) is 44.6 Å². The van der Waals surface area contributed by atoms with E-state index in [-0.39, 0.29) is 24.2 Å². The van der Waals surface area contributed by atoms with E-state index in [1.165, 1.54) is 0 Å². The second-order valence-corrected chi connectivity index (χ2v) is 6.39. The minimum Gasteiger partial charge on any atom is -0.314 e. The fraction of sp³-hybridized carbons (Fsp3) is 0.389. The average molecular weight is 389 g/mol. The van der Waals surface area contributed by atoms with Crippen LogP contribution in [-0.4, -0.2) is 29.5 Å². The Morgan fingerprint density at radius 1 is 0.963 bits per heavy atom. The number of hydrogen-bond acceptors (Lipinski definition) is 3. The zero-order chi connectivity index (χ0) is 19.7.